The van der Waals surface area contributed by atoms with Crippen LogP contribution in [-0.2, 0) is 4.79 Å². The van der Waals surface area contributed by atoms with Crippen molar-refractivity contribution in [2.45, 2.75) is 33.6 Å². The SMILES string of the molecule is CCOc1ccc2nc(N3CCC[C@@H](C(=O)Nc4cc(C)cc(C)c4)C3)sc2c1. The first-order valence-electron chi connectivity index (χ1n) is 10.2. The summed E-state index contributed by atoms with van der Waals surface area (Å²) >= 11 is 1.67. The van der Waals surface area contributed by atoms with Gasteiger partial charge in [-0.15, -0.1) is 0 Å². The number of rotatable bonds is 5. The summed E-state index contributed by atoms with van der Waals surface area (Å²) in [5, 5.41) is 4.10. The van der Waals surface area contributed by atoms with Crippen LogP contribution >= 0.6 is 11.3 Å². The molecule has 152 valence electrons. The van der Waals surface area contributed by atoms with Gasteiger partial charge in [0.15, 0.2) is 5.13 Å². The van der Waals surface area contributed by atoms with Gasteiger partial charge in [0.25, 0.3) is 0 Å². The van der Waals surface area contributed by atoms with E-state index in [-0.39, 0.29) is 11.8 Å². The lowest BCUT2D eigenvalue weighted by Gasteiger charge is -2.31. The molecule has 0 aliphatic carbocycles. The maximum Gasteiger partial charge on any atom is 0.229 e. The van der Waals surface area contributed by atoms with Crippen LogP contribution in [0.2, 0.25) is 0 Å². The topological polar surface area (TPSA) is 54.5 Å². The first kappa shape index (κ1) is 19.7. The Morgan fingerprint density at radius 3 is 2.79 bits per heavy atom. The molecule has 5 nitrogen and oxygen atoms in total. The van der Waals surface area contributed by atoms with Crippen LogP contribution in [0.25, 0.3) is 10.2 Å². The lowest BCUT2D eigenvalue weighted by molar-refractivity contribution is -0.120. The molecular weight excluding hydrogens is 382 g/mol. The van der Waals surface area contributed by atoms with Gasteiger partial charge in [-0.1, -0.05) is 17.4 Å². The monoisotopic (exact) mass is 409 g/mol. The van der Waals surface area contributed by atoms with Crippen LogP contribution in [0.4, 0.5) is 10.8 Å². The van der Waals surface area contributed by atoms with Crippen molar-refractivity contribution in [2.75, 3.05) is 29.9 Å². The van der Waals surface area contributed by atoms with Gasteiger partial charge in [-0.05, 0) is 75.1 Å². The lowest BCUT2D eigenvalue weighted by atomic mass is 9.97. The number of amides is 1. The summed E-state index contributed by atoms with van der Waals surface area (Å²) < 4.78 is 6.72. The normalized spacial score (nSPS) is 16.8. The molecule has 1 aliphatic heterocycles. The number of aryl methyl sites for hydroxylation is 2. The van der Waals surface area contributed by atoms with Crippen LogP contribution in [0.3, 0.4) is 0 Å². The molecule has 1 amide bonds. The average molecular weight is 410 g/mol. The van der Waals surface area contributed by atoms with Crippen molar-refractivity contribution in [1.82, 2.24) is 4.98 Å². The number of thiazole rings is 1. The van der Waals surface area contributed by atoms with E-state index < -0.39 is 0 Å². The molecule has 1 atom stereocenters. The number of hydrogen-bond donors (Lipinski definition) is 1. The van der Waals surface area contributed by atoms with Crippen LogP contribution in [0.1, 0.15) is 30.9 Å². The summed E-state index contributed by atoms with van der Waals surface area (Å²) in [6.45, 7) is 8.38. The van der Waals surface area contributed by atoms with E-state index in [1.165, 1.54) is 0 Å². The second-order valence-electron chi connectivity index (χ2n) is 7.71. The number of hydrogen-bond acceptors (Lipinski definition) is 5. The Morgan fingerprint density at radius 2 is 2.03 bits per heavy atom. The molecule has 1 fully saturated rings. The molecule has 29 heavy (non-hydrogen) atoms. The Hall–Kier alpha value is -2.60. The number of carbonyl (C=O) groups excluding carboxylic acids is 1. The zero-order valence-electron chi connectivity index (χ0n) is 17.2. The second kappa shape index (κ2) is 8.41. The van der Waals surface area contributed by atoms with Gasteiger partial charge in [-0.3, -0.25) is 4.79 Å². The first-order chi connectivity index (χ1) is 14.0. The molecule has 2 aromatic carbocycles. The number of fused-ring (bicyclic) bond motifs is 1. The molecule has 1 N–H and O–H groups in total. The summed E-state index contributed by atoms with van der Waals surface area (Å²) in [5.41, 5.74) is 4.18. The minimum absolute atomic E-state index is 0.0319. The highest BCUT2D eigenvalue weighted by Gasteiger charge is 2.27. The van der Waals surface area contributed by atoms with Gasteiger partial charge in [-0.2, -0.15) is 0 Å². The molecule has 6 heteroatoms. The third kappa shape index (κ3) is 4.53. The minimum atomic E-state index is -0.0319. The first-order valence-corrected chi connectivity index (χ1v) is 11.0. The molecule has 2 heterocycles. The van der Waals surface area contributed by atoms with Crippen LogP contribution < -0.4 is 15.0 Å². The molecule has 3 aromatic rings. The lowest BCUT2D eigenvalue weighted by Crippen LogP contribution is -2.40. The molecule has 1 aliphatic rings. The van der Waals surface area contributed by atoms with Crippen molar-refractivity contribution in [2.24, 2.45) is 5.92 Å². The molecule has 1 aromatic heterocycles. The highest BCUT2D eigenvalue weighted by Crippen LogP contribution is 2.33. The molecule has 0 saturated carbocycles. The fraction of sp³-hybridized carbons (Fsp3) is 0.391. The van der Waals surface area contributed by atoms with Gasteiger partial charge in [-0.25, -0.2) is 4.98 Å². The van der Waals surface area contributed by atoms with E-state index in [2.05, 4.69) is 30.1 Å². The van der Waals surface area contributed by atoms with E-state index in [0.717, 1.165) is 57.3 Å². The molecule has 0 radical (unpaired) electrons. The van der Waals surface area contributed by atoms with E-state index in [9.17, 15) is 4.79 Å². The number of benzene rings is 2. The Balaban J connectivity index is 1.47. The molecule has 1 saturated heterocycles. The van der Waals surface area contributed by atoms with E-state index in [1.54, 1.807) is 11.3 Å². The number of piperidine rings is 1. The van der Waals surface area contributed by atoms with Gasteiger partial charge in [0, 0.05) is 18.8 Å². The average Bonchev–Trinajstić information content (AvgIpc) is 3.11. The van der Waals surface area contributed by atoms with Crippen molar-refractivity contribution >= 4 is 38.3 Å². The standard InChI is InChI=1S/C23H27N3O2S/c1-4-28-19-7-8-20-21(13-19)29-23(25-20)26-9-5-6-17(14-26)22(27)24-18-11-15(2)10-16(3)12-18/h7-8,10-13,17H,4-6,9,14H2,1-3H3,(H,24,27)/t17-/m1/s1. The largest absolute Gasteiger partial charge is 0.494 e. The third-order valence-electron chi connectivity index (χ3n) is 5.21. The number of ether oxygens (including phenoxy) is 1. The van der Waals surface area contributed by atoms with Crippen molar-refractivity contribution in [3.8, 4) is 5.75 Å². The van der Waals surface area contributed by atoms with E-state index in [4.69, 9.17) is 9.72 Å². The number of carbonyl (C=O) groups is 1. The Bertz CT molecular complexity index is 1010. The highest BCUT2D eigenvalue weighted by atomic mass is 32.1. The van der Waals surface area contributed by atoms with Gasteiger partial charge < -0.3 is 15.0 Å². The molecule has 4 rings (SSSR count). The maximum atomic E-state index is 12.9. The fourth-order valence-corrected chi connectivity index (χ4v) is 4.97. The fourth-order valence-electron chi connectivity index (χ4n) is 3.94. The molecule has 0 bridgehead atoms. The van der Waals surface area contributed by atoms with E-state index >= 15 is 0 Å². The van der Waals surface area contributed by atoms with Crippen LogP contribution in [0, 0.1) is 19.8 Å². The number of nitrogens with zero attached hydrogens (tertiary/aromatic N) is 2. The number of nitrogens with one attached hydrogen (secondary N) is 1. The number of anilines is 2. The van der Waals surface area contributed by atoms with Crippen LogP contribution in [-0.4, -0.2) is 30.6 Å². The second-order valence-corrected chi connectivity index (χ2v) is 8.72. The Kier molecular flexibility index (Phi) is 5.72. The van der Waals surface area contributed by atoms with Gasteiger partial charge in [0.1, 0.15) is 5.75 Å². The molecule has 0 spiro atoms. The van der Waals surface area contributed by atoms with E-state index in [1.807, 2.05) is 37.3 Å². The summed E-state index contributed by atoms with van der Waals surface area (Å²) in [6, 6.07) is 12.2. The zero-order chi connectivity index (χ0) is 20.4. The van der Waals surface area contributed by atoms with Crippen molar-refractivity contribution in [3.05, 3.63) is 47.5 Å². The summed E-state index contributed by atoms with van der Waals surface area (Å²) in [4.78, 5) is 19.9. The number of aromatic nitrogens is 1. The highest BCUT2D eigenvalue weighted by molar-refractivity contribution is 7.22. The maximum absolute atomic E-state index is 12.9. The van der Waals surface area contributed by atoms with Crippen LogP contribution in [0.5, 0.6) is 5.75 Å². The summed E-state index contributed by atoms with van der Waals surface area (Å²) in [5.74, 6) is 0.939. The third-order valence-corrected chi connectivity index (χ3v) is 6.29. The summed E-state index contributed by atoms with van der Waals surface area (Å²) in [6.07, 6.45) is 1.90. The van der Waals surface area contributed by atoms with Gasteiger partial charge in [0.2, 0.25) is 5.91 Å². The Morgan fingerprint density at radius 1 is 1.24 bits per heavy atom. The van der Waals surface area contributed by atoms with Crippen molar-refractivity contribution in [1.29, 1.82) is 0 Å². The van der Waals surface area contributed by atoms with Gasteiger partial charge in [0.05, 0.1) is 22.7 Å². The van der Waals surface area contributed by atoms with Gasteiger partial charge >= 0.3 is 0 Å². The van der Waals surface area contributed by atoms with E-state index in [0.29, 0.717) is 13.2 Å². The predicted molar refractivity (Wildman–Crippen MR) is 120 cm³/mol. The van der Waals surface area contributed by atoms with Crippen molar-refractivity contribution < 1.29 is 9.53 Å². The van der Waals surface area contributed by atoms with Crippen molar-refractivity contribution in [3.63, 3.8) is 0 Å². The minimum Gasteiger partial charge on any atom is -0.494 e. The quantitative estimate of drug-likeness (QED) is 0.632. The predicted octanol–water partition coefficient (Wildman–Crippen LogP) is 5.17. The molecular formula is C23H27N3O2S. The molecule has 0 unspecified atom stereocenters. The van der Waals surface area contributed by atoms with Crippen LogP contribution in [0.15, 0.2) is 36.4 Å². The smallest absolute Gasteiger partial charge is 0.229 e. The zero-order valence-corrected chi connectivity index (χ0v) is 18.0. The Labute approximate surface area is 175 Å². The summed E-state index contributed by atoms with van der Waals surface area (Å²) in [7, 11) is 0.